The molecular formula is C24H19F3N2O3S3. The molecule has 0 unspecified atom stereocenters. The summed E-state index contributed by atoms with van der Waals surface area (Å²) in [5.74, 6) is -0.567. The van der Waals surface area contributed by atoms with Gasteiger partial charge in [-0.3, -0.25) is 4.79 Å². The number of alkyl halides is 3. The number of pyridine rings is 1. The van der Waals surface area contributed by atoms with Crippen molar-refractivity contribution >= 4 is 54.6 Å². The van der Waals surface area contributed by atoms with E-state index in [0.29, 0.717) is 16.8 Å². The van der Waals surface area contributed by atoms with Gasteiger partial charge in [0.2, 0.25) is 5.91 Å². The SMILES string of the molecule is O=C(Cc1cc2ccccc2s1)Nc1cccnc1SCCS(=O)(=O)c1cccc(C(F)(F)F)c1. The van der Waals surface area contributed by atoms with Crippen LogP contribution in [-0.4, -0.2) is 30.8 Å². The van der Waals surface area contributed by atoms with E-state index < -0.39 is 21.6 Å². The third-order valence-corrected chi connectivity index (χ3v) is 9.06. The summed E-state index contributed by atoms with van der Waals surface area (Å²) in [5, 5.41) is 4.31. The number of amides is 1. The highest BCUT2D eigenvalue weighted by molar-refractivity contribution is 8.00. The van der Waals surface area contributed by atoms with Gasteiger partial charge in [0.25, 0.3) is 0 Å². The number of rotatable bonds is 8. The Morgan fingerprint density at radius 1 is 1.03 bits per heavy atom. The van der Waals surface area contributed by atoms with Crippen molar-refractivity contribution in [3.63, 3.8) is 0 Å². The number of hydrogen-bond acceptors (Lipinski definition) is 6. The van der Waals surface area contributed by atoms with Gasteiger partial charge in [0.1, 0.15) is 5.03 Å². The third kappa shape index (κ3) is 6.41. The molecule has 0 fully saturated rings. The van der Waals surface area contributed by atoms with Crippen molar-refractivity contribution in [1.82, 2.24) is 4.98 Å². The molecule has 0 saturated heterocycles. The zero-order valence-electron chi connectivity index (χ0n) is 18.1. The first-order valence-electron chi connectivity index (χ1n) is 10.4. The minimum Gasteiger partial charge on any atom is -0.323 e. The highest BCUT2D eigenvalue weighted by Crippen LogP contribution is 2.31. The van der Waals surface area contributed by atoms with Crippen LogP contribution < -0.4 is 5.32 Å². The number of anilines is 1. The number of carbonyl (C=O) groups excluding carboxylic acids is 1. The number of hydrogen-bond donors (Lipinski definition) is 1. The van der Waals surface area contributed by atoms with Crippen LogP contribution in [0.4, 0.5) is 18.9 Å². The normalized spacial score (nSPS) is 12.1. The van der Waals surface area contributed by atoms with Crippen molar-refractivity contribution in [2.24, 2.45) is 0 Å². The molecule has 1 amide bonds. The van der Waals surface area contributed by atoms with Crippen LogP contribution in [0.15, 0.2) is 82.8 Å². The topological polar surface area (TPSA) is 76.1 Å². The average Bonchev–Trinajstić information content (AvgIpc) is 3.22. The molecule has 35 heavy (non-hydrogen) atoms. The van der Waals surface area contributed by atoms with E-state index in [1.807, 2.05) is 30.3 Å². The molecule has 0 spiro atoms. The minimum atomic E-state index is -4.63. The molecule has 0 atom stereocenters. The molecule has 4 aromatic rings. The van der Waals surface area contributed by atoms with Gasteiger partial charge in [-0.1, -0.05) is 24.3 Å². The summed E-state index contributed by atoms with van der Waals surface area (Å²) < 4.78 is 65.0. The number of nitrogens with zero attached hydrogens (tertiary/aromatic N) is 1. The zero-order chi connectivity index (χ0) is 25.1. The molecule has 0 aliphatic heterocycles. The van der Waals surface area contributed by atoms with Crippen LogP contribution in [0.25, 0.3) is 10.1 Å². The molecule has 2 heterocycles. The molecule has 5 nitrogen and oxygen atoms in total. The van der Waals surface area contributed by atoms with Gasteiger partial charge in [0.15, 0.2) is 9.84 Å². The smallest absolute Gasteiger partial charge is 0.323 e. The fraction of sp³-hybridized carbons (Fsp3) is 0.167. The van der Waals surface area contributed by atoms with Gasteiger partial charge < -0.3 is 5.32 Å². The van der Waals surface area contributed by atoms with Gasteiger partial charge in [-0.05, 0) is 47.9 Å². The Labute approximate surface area is 208 Å². The van der Waals surface area contributed by atoms with Crippen LogP contribution in [-0.2, 0) is 27.2 Å². The van der Waals surface area contributed by atoms with Gasteiger partial charge in [0, 0.05) is 21.5 Å². The van der Waals surface area contributed by atoms with Gasteiger partial charge >= 0.3 is 6.18 Å². The Morgan fingerprint density at radius 2 is 1.83 bits per heavy atom. The van der Waals surface area contributed by atoms with E-state index in [1.54, 1.807) is 12.1 Å². The number of carbonyl (C=O) groups is 1. The lowest BCUT2D eigenvalue weighted by Crippen LogP contribution is -2.15. The van der Waals surface area contributed by atoms with Crippen LogP contribution in [0.3, 0.4) is 0 Å². The van der Waals surface area contributed by atoms with Crippen LogP contribution in [0.2, 0.25) is 0 Å². The lowest BCUT2D eigenvalue weighted by Gasteiger charge is -2.11. The first kappa shape index (κ1) is 25.2. The summed E-state index contributed by atoms with van der Waals surface area (Å²) >= 11 is 2.64. The van der Waals surface area contributed by atoms with Crippen molar-refractivity contribution in [3.8, 4) is 0 Å². The van der Waals surface area contributed by atoms with Crippen molar-refractivity contribution in [3.05, 3.63) is 83.4 Å². The lowest BCUT2D eigenvalue weighted by atomic mass is 10.2. The molecule has 0 aliphatic rings. The number of benzene rings is 2. The second-order valence-electron chi connectivity index (χ2n) is 7.52. The monoisotopic (exact) mass is 536 g/mol. The molecule has 0 radical (unpaired) electrons. The van der Waals surface area contributed by atoms with E-state index in [2.05, 4.69) is 10.3 Å². The molecule has 2 aromatic heterocycles. The van der Waals surface area contributed by atoms with E-state index in [-0.39, 0.29) is 28.7 Å². The maximum Gasteiger partial charge on any atom is 0.416 e. The maximum atomic E-state index is 12.9. The van der Waals surface area contributed by atoms with Crippen molar-refractivity contribution in [1.29, 1.82) is 0 Å². The number of thiophene rings is 1. The number of nitrogens with one attached hydrogen (secondary N) is 1. The molecular weight excluding hydrogens is 517 g/mol. The average molecular weight is 537 g/mol. The van der Waals surface area contributed by atoms with E-state index in [9.17, 15) is 26.4 Å². The molecule has 0 aliphatic carbocycles. The van der Waals surface area contributed by atoms with Crippen LogP contribution >= 0.6 is 23.1 Å². The Balaban J connectivity index is 1.39. The Bertz CT molecular complexity index is 1430. The zero-order valence-corrected chi connectivity index (χ0v) is 20.5. The predicted octanol–water partition coefficient (Wildman–Crippen LogP) is 6.06. The first-order valence-corrected chi connectivity index (χ1v) is 13.8. The van der Waals surface area contributed by atoms with E-state index in [0.717, 1.165) is 44.9 Å². The fourth-order valence-electron chi connectivity index (χ4n) is 3.31. The molecule has 0 saturated carbocycles. The number of sulfone groups is 1. The molecule has 4 rings (SSSR count). The van der Waals surface area contributed by atoms with E-state index in [4.69, 9.17) is 0 Å². The Morgan fingerprint density at radius 3 is 2.60 bits per heavy atom. The second kappa shape index (κ2) is 10.4. The van der Waals surface area contributed by atoms with Gasteiger partial charge in [-0.2, -0.15) is 13.2 Å². The summed E-state index contributed by atoms with van der Waals surface area (Å²) in [7, 11) is -3.94. The first-order chi connectivity index (χ1) is 16.6. The van der Waals surface area contributed by atoms with E-state index >= 15 is 0 Å². The van der Waals surface area contributed by atoms with Crippen molar-refractivity contribution in [2.45, 2.75) is 22.5 Å². The number of halogens is 3. The quantitative estimate of drug-likeness (QED) is 0.277. The summed E-state index contributed by atoms with van der Waals surface area (Å²) in [6.45, 7) is 0. The fourth-order valence-corrected chi connectivity index (χ4v) is 7.01. The minimum absolute atomic E-state index is 0.0504. The summed E-state index contributed by atoms with van der Waals surface area (Å²) in [5.41, 5.74) is -0.570. The molecule has 11 heteroatoms. The molecule has 2 aromatic carbocycles. The summed E-state index contributed by atoms with van der Waals surface area (Å²) in [4.78, 5) is 17.4. The molecule has 182 valence electrons. The number of aromatic nitrogens is 1. The predicted molar refractivity (Wildman–Crippen MR) is 133 cm³/mol. The highest BCUT2D eigenvalue weighted by atomic mass is 32.2. The number of thioether (sulfide) groups is 1. The second-order valence-corrected chi connectivity index (χ2v) is 11.9. The van der Waals surface area contributed by atoms with Crippen LogP contribution in [0, 0.1) is 0 Å². The Kier molecular flexibility index (Phi) is 7.48. The van der Waals surface area contributed by atoms with E-state index in [1.165, 1.54) is 17.5 Å². The summed E-state index contributed by atoms with van der Waals surface area (Å²) in [6, 6.07) is 16.8. The van der Waals surface area contributed by atoms with Gasteiger partial charge in [-0.15, -0.1) is 23.1 Å². The standard InChI is InChI=1S/C24H19F3N2O3S3/c25-24(26,27)17-6-3-7-19(14-17)35(31,32)12-11-33-23-20(8-4-10-28-23)29-22(30)15-18-13-16-5-1-2-9-21(16)34-18/h1-10,13-14H,11-12,15H2,(H,29,30). The third-order valence-electron chi connectivity index (χ3n) is 4.97. The van der Waals surface area contributed by atoms with Gasteiger partial charge in [0.05, 0.1) is 28.3 Å². The number of fused-ring (bicyclic) bond motifs is 1. The largest absolute Gasteiger partial charge is 0.416 e. The van der Waals surface area contributed by atoms with Gasteiger partial charge in [-0.25, -0.2) is 13.4 Å². The lowest BCUT2D eigenvalue weighted by molar-refractivity contribution is -0.137. The maximum absolute atomic E-state index is 12.9. The van der Waals surface area contributed by atoms with Crippen LogP contribution in [0.1, 0.15) is 10.4 Å². The van der Waals surface area contributed by atoms with Crippen molar-refractivity contribution in [2.75, 3.05) is 16.8 Å². The van der Waals surface area contributed by atoms with Crippen molar-refractivity contribution < 1.29 is 26.4 Å². The Hall–Kier alpha value is -2.89. The van der Waals surface area contributed by atoms with Crippen LogP contribution in [0.5, 0.6) is 0 Å². The molecule has 1 N–H and O–H groups in total. The summed E-state index contributed by atoms with van der Waals surface area (Å²) in [6.07, 6.45) is -2.93. The molecule has 0 bridgehead atoms. The highest BCUT2D eigenvalue weighted by Gasteiger charge is 2.31.